The molecule has 3 heterocycles. The molecule has 0 unspecified atom stereocenters. The highest BCUT2D eigenvalue weighted by molar-refractivity contribution is 7.13. The standard InChI is InChI=1S/C15H24N4OS/c1-12-11-21-15(16-12)19-9-7-17(8-10-19)13(2)14(20)18-5-3-4-6-18/h11,13H,3-10H2,1-2H3/t13-/m1/s1. The van der Waals surface area contributed by atoms with E-state index in [0.717, 1.165) is 62.9 Å². The Labute approximate surface area is 130 Å². The van der Waals surface area contributed by atoms with Gasteiger partial charge < -0.3 is 9.80 Å². The molecule has 0 bridgehead atoms. The van der Waals surface area contributed by atoms with Crippen LogP contribution in [0.25, 0.3) is 0 Å². The maximum atomic E-state index is 12.5. The van der Waals surface area contributed by atoms with Crippen molar-refractivity contribution < 1.29 is 4.79 Å². The fraction of sp³-hybridized carbons (Fsp3) is 0.733. The van der Waals surface area contributed by atoms with E-state index in [1.165, 1.54) is 0 Å². The van der Waals surface area contributed by atoms with Gasteiger partial charge in [0.2, 0.25) is 5.91 Å². The summed E-state index contributed by atoms with van der Waals surface area (Å²) in [5, 5.41) is 3.21. The van der Waals surface area contributed by atoms with Crippen LogP contribution in [0.2, 0.25) is 0 Å². The maximum Gasteiger partial charge on any atom is 0.239 e. The number of amides is 1. The average molecular weight is 308 g/mol. The lowest BCUT2D eigenvalue weighted by Crippen LogP contribution is -2.54. The lowest BCUT2D eigenvalue weighted by atomic mass is 10.2. The molecule has 21 heavy (non-hydrogen) atoms. The average Bonchev–Trinajstić information content (AvgIpc) is 3.17. The highest BCUT2D eigenvalue weighted by Gasteiger charge is 2.30. The summed E-state index contributed by atoms with van der Waals surface area (Å²) in [6.07, 6.45) is 2.32. The van der Waals surface area contributed by atoms with E-state index < -0.39 is 0 Å². The fourth-order valence-corrected chi connectivity index (χ4v) is 4.00. The summed E-state index contributed by atoms with van der Waals surface area (Å²) in [6.45, 7) is 9.80. The molecule has 1 amide bonds. The molecule has 1 aromatic heterocycles. The smallest absolute Gasteiger partial charge is 0.239 e. The van der Waals surface area contributed by atoms with E-state index in [9.17, 15) is 4.79 Å². The molecule has 1 atom stereocenters. The van der Waals surface area contributed by atoms with Gasteiger partial charge in [0.25, 0.3) is 0 Å². The predicted molar refractivity (Wildman–Crippen MR) is 85.9 cm³/mol. The molecular weight excluding hydrogens is 284 g/mol. The van der Waals surface area contributed by atoms with Crippen LogP contribution in [0.15, 0.2) is 5.38 Å². The van der Waals surface area contributed by atoms with Gasteiger partial charge in [0.1, 0.15) is 0 Å². The van der Waals surface area contributed by atoms with Crippen molar-refractivity contribution in [2.75, 3.05) is 44.2 Å². The molecule has 3 rings (SSSR count). The van der Waals surface area contributed by atoms with Crippen LogP contribution in [-0.2, 0) is 4.79 Å². The minimum Gasteiger partial charge on any atom is -0.346 e. The normalized spacial score (nSPS) is 21.8. The van der Waals surface area contributed by atoms with Gasteiger partial charge >= 0.3 is 0 Å². The van der Waals surface area contributed by atoms with Crippen molar-refractivity contribution in [3.8, 4) is 0 Å². The van der Waals surface area contributed by atoms with Gasteiger partial charge in [-0.05, 0) is 26.7 Å². The Kier molecular flexibility index (Phi) is 4.45. The quantitative estimate of drug-likeness (QED) is 0.850. The summed E-state index contributed by atoms with van der Waals surface area (Å²) >= 11 is 1.71. The largest absolute Gasteiger partial charge is 0.346 e. The van der Waals surface area contributed by atoms with E-state index >= 15 is 0 Å². The second-order valence-electron chi connectivity index (χ2n) is 6.00. The van der Waals surface area contributed by atoms with Crippen molar-refractivity contribution in [2.45, 2.75) is 32.7 Å². The van der Waals surface area contributed by atoms with Gasteiger partial charge in [-0.3, -0.25) is 9.69 Å². The molecule has 116 valence electrons. The molecule has 2 fully saturated rings. The third-order valence-corrected chi connectivity index (χ3v) is 5.53. The number of carbonyl (C=O) groups excluding carboxylic acids is 1. The summed E-state index contributed by atoms with van der Waals surface area (Å²) in [7, 11) is 0. The number of likely N-dealkylation sites (tertiary alicyclic amines) is 1. The van der Waals surface area contributed by atoms with Gasteiger partial charge in [-0.1, -0.05) is 0 Å². The number of thiazole rings is 1. The number of aromatic nitrogens is 1. The first-order valence-corrected chi connectivity index (χ1v) is 8.73. The molecule has 2 aliphatic rings. The Morgan fingerprint density at radius 3 is 2.43 bits per heavy atom. The number of anilines is 1. The number of carbonyl (C=O) groups is 1. The van der Waals surface area contributed by atoms with E-state index in [-0.39, 0.29) is 6.04 Å². The molecule has 2 saturated heterocycles. The van der Waals surface area contributed by atoms with Gasteiger partial charge in [-0.15, -0.1) is 11.3 Å². The summed E-state index contributed by atoms with van der Waals surface area (Å²) < 4.78 is 0. The highest BCUT2D eigenvalue weighted by Crippen LogP contribution is 2.22. The van der Waals surface area contributed by atoms with Gasteiger partial charge in [-0.2, -0.15) is 0 Å². The molecule has 2 aliphatic heterocycles. The van der Waals surface area contributed by atoms with Gasteiger partial charge in [-0.25, -0.2) is 4.98 Å². The summed E-state index contributed by atoms with van der Waals surface area (Å²) in [5.41, 5.74) is 1.09. The maximum absolute atomic E-state index is 12.5. The second kappa shape index (κ2) is 6.32. The molecule has 0 aromatic carbocycles. The predicted octanol–water partition coefficient (Wildman–Crippen LogP) is 1.58. The van der Waals surface area contributed by atoms with Crippen molar-refractivity contribution in [3.05, 3.63) is 11.1 Å². The Hall–Kier alpha value is -1.14. The van der Waals surface area contributed by atoms with Crippen LogP contribution in [0.1, 0.15) is 25.5 Å². The molecule has 5 nitrogen and oxygen atoms in total. The van der Waals surface area contributed by atoms with Crippen LogP contribution in [0, 0.1) is 6.92 Å². The summed E-state index contributed by atoms with van der Waals surface area (Å²) in [6, 6.07) is 0.0169. The molecule has 0 radical (unpaired) electrons. The van der Waals surface area contributed by atoms with Crippen LogP contribution < -0.4 is 4.90 Å². The van der Waals surface area contributed by atoms with Crippen LogP contribution in [-0.4, -0.2) is 66.0 Å². The number of aryl methyl sites for hydroxylation is 1. The number of piperazine rings is 1. The SMILES string of the molecule is Cc1csc(N2CCN([C@H](C)C(=O)N3CCCC3)CC2)n1. The first kappa shape index (κ1) is 14.8. The number of nitrogens with zero attached hydrogens (tertiary/aromatic N) is 4. The monoisotopic (exact) mass is 308 g/mol. The topological polar surface area (TPSA) is 39.7 Å². The van der Waals surface area contributed by atoms with Crippen molar-refractivity contribution in [3.63, 3.8) is 0 Å². The Bertz CT molecular complexity index is 490. The van der Waals surface area contributed by atoms with Crippen LogP contribution >= 0.6 is 11.3 Å². The molecule has 0 spiro atoms. The molecule has 0 saturated carbocycles. The van der Waals surface area contributed by atoms with Crippen molar-refractivity contribution >= 4 is 22.4 Å². The van der Waals surface area contributed by atoms with E-state index in [0.29, 0.717) is 5.91 Å². The lowest BCUT2D eigenvalue weighted by molar-refractivity contribution is -0.135. The number of hydrogen-bond acceptors (Lipinski definition) is 5. The van der Waals surface area contributed by atoms with Crippen LogP contribution in [0.5, 0.6) is 0 Å². The van der Waals surface area contributed by atoms with E-state index in [4.69, 9.17) is 0 Å². The zero-order valence-electron chi connectivity index (χ0n) is 12.9. The van der Waals surface area contributed by atoms with Crippen molar-refractivity contribution in [2.24, 2.45) is 0 Å². The minimum absolute atomic E-state index is 0.0169. The van der Waals surface area contributed by atoms with Gasteiger partial charge in [0, 0.05) is 44.6 Å². The van der Waals surface area contributed by atoms with Gasteiger partial charge in [0.15, 0.2) is 5.13 Å². The zero-order valence-corrected chi connectivity index (χ0v) is 13.7. The van der Waals surface area contributed by atoms with E-state index in [1.807, 2.05) is 11.8 Å². The molecular formula is C15H24N4OS. The lowest BCUT2D eigenvalue weighted by Gasteiger charge is -2.38. The first-order chi connectivity index (χ1) is 10.1. The molecule has 0 aliphatic carbocycles. The number of hydrogen-bond donors (Lipinski definition) is 0. The van der Waals surface area contributed by atoms with Crippen molar-refractivity contribution in [1.82, 2.24) is 14.8 Å². The van der Waals surface area contributed by atoms with Crippen LogP contribution in [0.4, 0.5) is 5.13 Å². The molecule has 6 heteroatoms. The Morgan fingerprint density at radius 1 is 1.19 bits per heavy atom. The fourth-order valence-electron chi connectivity index (χ4n) is 3.15. The summed E-state index contributed by atoms with van der Waals surface area (Å²) in [4.78, 5) is 23.7. The first-order valence-electron chi connectivity index (χ1n) is 7.85. The molecule has 0 N–H and O–H groups in total. The Balaban J connectivity index is 1.54. The highest BCUT2D eigenvalue weighted by atomic mass is 32.1. The minimum atomic E-state index is 0.0169. The van der Waals surface area contributed by atoms with Gasteiger partial charge in [0.05, 0.1) is 11.7 Å². The van der Waals surface area contributed by atoms with Crippen LogP contribution in [0.3, 0.4) is 0 Å². The summed E-state index contributed by atoms with van der Waals surface area (Å²) in [5.74, 6) is 0.311. The van der Waals surface area contributed by atoms with E-state index in [2.05, 4.69) is 27.1 Å². The van der Waals surface area contributed by atoms with E-state index in [1.54, 1.807) is 11.3 Å². The molecule has 1 aromatic rings. The third-order valence-electron chi connectivity index (χ3n) is 4.51. The number of rotatable bonds is 3. The zero-order chi connectivity index (χ0) is 14.8. The Morgan fingerprint density at radius 2 is 1.86 bits per heavy atom. The van der Waals surface area contributed by atoms with Crippen molar-refractivity contribution in [1.29, 1.82) is 0 Å². The third kappa shape index (κ3) is 3.21. The second-order valence-corrected chi connectivity index (χ2v) is 6.84.